The molecule has 0 amide bonds. The van der Waals surface area contributed by atoms with Crippen LogP contribution in [0.3, 0.4) is 0 Å². The Balaban J connectivity index is 0.801. The predicted octanol–water partition coefficient (Wildman–Crippen LogP) is -5.11. The Morgan fingerprint density at radius 1 is 0.495 bits per heavy atom. The molecule has 18 N–H and O–H groups in total. The summed E-state index contributed by atoms with van der Waals surface area (Å²) in [6.45, 7) is 13.4. The molecule has 11 aliphatic rings. The van der Waals surface area contributed by atoms with Gasteiger partial charge < -0.3 is 149 Å². The smallest absolute Gasteiger partial charge is 0.315 e. The third kappa shape index (κ3) is 12.8. The van der Waals surface area contributed by atoms with Crippen LogP contribution in [0.25, 0.3) is 0 Å². The van der Waals surface area contributed by atoms with Crippen molar-refractivity contribution in [3.05, 3.63) is 11.6 Å². The Kier molecular flexibility index (Phi) is 21.6. The molecule has 5 aliphatic carbocycles. The Morgan fingerprint density at radius 2 is 1.04 bits per heavy atom. The third-order valence-electron chi connectivity index (χ3n) is 24.7. The van der Waals surface area contributed by atoms with E-state index in [0.717, 1.165) is 12.0 Å². The van der Waals surface area contributed by atoms with Gasteiger partial charge in [-0.15, -0.1) is 0 Å². The summed E-state index contributed by atoms with van der Waals surface area (Å²) in [5.74, 6) is -1.12. The van der Waals surface area contributed by atoms with Crippen molar-refractivity contribution in [3.63, 3.8) is 0 Å². The van der Waals surface area contributed by atoms with Gasteiger partial charge in [0.1, 0.15) is 122 Å². The van der Waals surface area contributed by atoms with E-state index in [9.17, 15) is 91.9 Å². The minimum absolute atomic E-state index is 0.0246. The fourth-order valence-electron chi connectivity index (χ4n) is 18.9. The summed E-state index contributed by atoms with van der Waals surface area (Å²) in [6.07, 6.45) is -42.3. The molecule has 0 aromatic rings. The maximum Gasteiger partial charge on any atom is 0.315 e. The standard InChI is InChI=1S/C64H104O31/c1-24-35(70)43(78)50(93-54-46(81)42(77)39(74)32(90-54)23-86-52-45(80)41(76)38(73)30(19-65)88-52)57(87-24)95-58(83)64-15-13-59(2,3)17-26(64)25-9-10-34-61(6)18-27(67)51(60(4,5)33(61)11-12-63(34,8)62(25,7)14-16-64)94-55-47(82)48(40(75)31(20-66)89-55)91-56-49(37(72)29(69)22-85-56)92-53-44(79)36(71)28(68)21-84-53/h9,24,26-57,65-82H,10-23H2,1-8H3/t24-,26-,27+,28-,29-,30+,31+,32+,33-,34-,35-,36-,37-,38+,39+,40+,41-,42-,43+,44+,45+,46+,47+,48-,49+,50+,51-,52+,53-,54-,55-,56-,57-,61-,62+,63+,64-/m0/s1. The number of hydrogen-bond acceptors (Lipinski definition) is 31. The van der Waals surface area contributed by atoms with Gasteiger partial charge in [-0.05, 0) is 110 Å². The minimum Gasteiger partial charge on any atom is -0.432 e. The summed E-state index contributed by atoms with van der Waals surface area (Å²) < 4.78 is 71.3. The number of carbonyl (C=O) groups excluding carboxylic acids is 1. The van der Waals surface area contributed by atoms with Crippen LogP contribution in [0.5, 0.6) is 0 Å². The minimum atomic E-state index is -2.00. The number of hydrogen-bond donors (Lipinski definition) is 18. The van der Waals surface area contributed by atoms with Gasteiger partial charge in [-0.2, -0.15) is 0 Å². The zero-order valence-electron chi connectivity index (χ0n) is 54.9. The van der Waals surface area contributed by atoms with Crippen LogP contribution in [-0.4, -0.2) is 315 Å². The van der Waals surface area contributed by atoms with E-state index in [1.54, 1.807) is 0 Å². The molecule has 6 heterocycles. The van der Waals surface area contributed by atoms with Gasteiger partial charge in [-0.25, -0.2) is 0 Å². The first-order valence-electron chi connectivity index (χ1n) is 33.6. The van der Waals surface area contributed by atoms with E-state index in [4.69, 9.17) is 56.8 Å². The van der Waals surface area contributed by atoms with E-state index >= 15 is 4.79 Å². The number of ether oxygens (including phenoxy) is 12. The summed E-state index contributed by atoms with van der Waals surface area (Å²) >= 11 is 0. The molecular weight excluding hydrogens is 1260 g/mol. The van der Waals surface area contributed by atoms with Gasteiger partial charge in [0.2, 0.25) is 6.29 Å². The molecule has 10 fully saturated rings. The van der Waals surface area contributed by atoms with Crippen molar-refractivity contribution in [2.75, 3.05) is 33.0 Å². The van der Waals surface area contributed by atoms with E-state index in [-0.39, 0.29) is 29.6 Å². The molecule has 11 rings (SSSR count). The van der Waals surface area contributed by atoms with Crippen LogP contribution >= 0.6 is 0 Å². The molecule has 31 heteroatoms. The summed E-state index contributed by atoms with van der Waals surface area (Å²) in [6, 6.07) is 0. The molecule has 6 saturated heterocycles. The molecule has 546 valence electrons. The van der Waals surface area contributed by atoms with Crippen LogP contribution in [0.15, 0.2) is 11.6 Å². The highest BCUT2D eigenvalue weighted by Crippen LogP contribution is 2.76. The Labute approximate surface area is 550 Å². The molecule has 31 nitrogen and oxygen atoms in total. The lowest BCUT2D eigenvalue weighted by Gasteiger charge is -2.71. The molecule has 4 saturated carbocycles. The maximum absolute atomic E-state index is 15.6. The molecule has 0 bridgehead atoms. The van der Waals surface area contributed by atoms with Crippen molar-refractivity contribution in [1.29, 1.82) is 0 Å². The van der Waals surface area contributed by atoms with Crippen molar-refractivity contribution in [2.45, 2.75) is 297 Å². The lowest BCUT2D eigenvalue weighted by Crippen LogP contribution is -2.69. The molecule has 37 atom stereocenters. The quantitative estimate of drug-likeness (QED) is 0.0414. The molecular formula is C64H104O31. The van der Waals surface area contributed by atoms with Crippen LogP contribution in [0.2, 0.25) is 0 Å². The fraction of sp³-hybridized carbons (Fsp3) is 0.953. The second kappa shape index (κ2) is 27.7. The number of carbonyl (C=O) groups is 1. The van der Waals surface area contributed by atoms with E-state index in [0.29, 0.717) is 44.9 Å². The molecule has 0 spiro atoms. The average Bonchev–Trinajstić information content (AvgIpc) is 0.674. The van der Waals surface area contributed by atoms with Crippen molar-refractivity contribution >= 4 is 5.97 Å². The molecule has 0 radical (unpaired) electrons. The van der Waals surface area contributed by atoms with Gasteiger partial charge in [-0.1, -0.05) is 60.1 Å². The normalized spacial score (nSPS) is 54.6. The van der Waals surface area contributed by atoms with Crippen LogP contribution < -0.4 is 0 Å². The van der Waals surface area contributed by atoms with E-state index < -0.39 is 250 Å². The van der Waals surface area contributed by atoms with Gasteiger partial charge >= 0.3 is 5.97 Å². The van der Waals surface area contributed by atoms with E-state index in [1.165, 1.54) is 6.92 Å². The maximum atomic E-state index is 15.6. The van der Waals surface area contributed by atoms with Crippen molar-refractivity contribution in [1.82, 2.24) is 0 Å². The second-order valence-corrected chi connectivity index (χ2v) is 31.2. The number of fused-ring (bicyclic) bond motifs is 7. The molecule has 0 aromatic carbocycles. The molecule has 0 unspecified atom stereocenters. The van der Waals surface area contributed by atoms with Crippen LogP contribution in [0.4, 0.5) is 0 Å². The van der Waals surface area contributed by atoms with E-state index in [2.05, 4.69) is 40.7 Å². The second-order valence-electron chi connectivity index (χ2n) is 31.2. The van der Waals surface area contributed by atoms with Gasteiger partial charge in [0, 0.05) is 0 Å². The monoisotopic (exact) mass is 1370 g/mol. The summed E-state index contributed by atoms with van der Waals surface area (Å²) in [5, 5.41) is 196. The molecule has 95 heavy (non-hydrogen) atoms. The SMILES string of the molecule is C[C@@H]1O[C@@H](OC(=O)[C@]23CCC(C)(C)C[C@H]2C2=CC[C@H]4[C@@]5(C)C[C@@H](O)[C@H](O[C@@H]6O[C@H](CO)[C@@H](O)[C@H](O[C@@H]7OC[C@H](O)[C@H](O)[C@H]7O[C@@H]7OC[C@H](O)[C@H](O)[C@H]7O)[C@H]6O)C(C)(C)[C@@H]5CC[C@@]4(C)[C@]2(C)CC3)[C@H](O[C@@H]2O[C@H](CO[C@@H]3O[C@H](CO)[C@@H](O)[C@H](O)[C@H]3O)[C@@H](O)[C@H](O)[C@H]2O)[C@H](O)[C@H]1O. The fourth-order valence-corrected chi connectivity index (χ4v) is 18.9. The molecule has 0 aromatic heterocycles. The predicted molar refractivity (Wildman–Crippen MR) is 316 cm³/mol. The topological polar surface area (TPSA) is 492 Å². The third-order valence-corrected chi connectivity index (χ3v) is 24.7. The number of aliphatic hydroxyl groups excluding tert-OH is 18. The van der Waals surface area contributed by atoms with Gasteiger partial charge in [0.15, 0.2) is 37.6 Å². The van der Waals surface area contributed by atoms with Gasteiger partial charge in [-0.3, -0.25) is 4.79 Å². The Hall–Kier alpha value is -1.95. The number of esters is 1. The van der Waals surface area contributed by atoms with Crippen LogP contribution in [0.1, 0.15) is 113 Å². The first-order valence-corrected chi connectivity index (χ1v) is 33.6. The Bertz CT molecular complexity index is 2670. The Morgan fingerprint density at radius 3 is 1.72 bits per heavy atom. The highest BCUT2D eigenvalue weighted by Gasteiger charge is 2.71. The average molecular weight is 1370 g/mol. The van der Waals surface area contributed by atoms with Crippen LogP contribution in [0, 0.1) is 50.2 Å². The summed E-state index contributed by atoms with van der Waals surface area (Å²) in [4.78, 5) is 15.6. The van der Waals surface area contributed by atoms with Crippen molar-refractivity contribution in [2.24, 2.45) is 50.2 Å². The first-order chi connectivity index (χ1) is 44.5. The highest BCUT2D eigenvalue weighted by molar-refractivity contribution is 5.79. The largest absolute Gasteiger partial charge is 0.432 e. The highest BCUT2D eigenvalue weighted by atomic mass is 16.8. The van der Waals surface area contributed by atoms with E-state index in [1.807, 2.05) is 13.8 Å². The first kappa shape index (κ1) is 74.2. The number of allylic oxidation sites excluding steroid dienone is 2. The zero-order valence-corrected chi connectivity index (χ0v) is 54.9. The number of aliphatic hydroxyl groups is 18. The van der Waals surface area contributed by atoms with Crippen LogP contribution in [-0.2, 0) is 61.6 Å². The lowest BCUT2D eigenvalue weighted by molar-refractivity contribution is -0.381. The summed E-state index contributed by atoms with van der Waals surface area (Å²) in [7, 11) is 0. The number of rotatable bonds is 15. The van der Waals surface area contributed by atoms with Gasteiger partial charge in [0.25, 0.3) is 0 Å². The zero-order chi connectivity index (χ0) is 69.3. The summed E-state index contributed by atoms with van der Waals surface area (Å²) in [5.41, 5.74) is -2.53. The lowest BCUT2D eigenvalue weighted by atomic mass is 9.33. The van der Waals surface area contributed by atoms with Crippen molar-refractivity contribution < 1.29 is 154 Å². The molecule has 6 aliphatic heterocycles. The van der Waals surface area contributed by atoms with Gasteiger partial charge in [0.05, 0.1) is 56.8 Å². The van der Waals surface area contributed by atoms with Crippen molar-refractivity contribution in [3.8, 4) is 0 Å².